The van der Waals surface area contributed by atoms with Crippen LogP contribution in [0.1, 0.15) is 51.6 Å². The molecule has 1 saturated carbocycles. The van der Waals surface area contributed by atoms with E-state index in [1.165, 1.54) is 25.5 Å². The maximum absolute atomic E-state index is 11.8. The van der Waals surface area contributed by atoms with E-state index >= 15 is 0 Å². The van der Waals surface area contributed by atoms with E-state index in [-0.39, 0.29) is 11.4 Å². The molecule has 0 amide bonds. The van der Waals surface area contributed by atoms with Crippen LogP contribution in [0.2, 0.25) is 0 Å². The van der Waals surface area contributed by atoms with Gasteiger partial charge in [0.1, 0.15) is 5.01 Å². The molecule has 0 unspecified atom stereocenters. The summed E-state index contributed by atoms with van der Waals surface area (Å²) < 4.78 is 4.84. The third kappa shape index (κ3) is 2.38. The number of thiazole rings is 1. The van der Waals surface area contributed by atoms with Crippen LogP contribution in [0.3, 0.4) is 0 Å². The number of aryl methyl sites for hydroxylation is 1. The van der Waals surface area contributed by atoms with Crippen molar-refractivity contribution in [1.29, 1.82) is 0 Å². The van der Waals surface area contributed by atoms with Gasteiger partial charge in [0.2, 0.25) is 0 Å². The Kier molecular flexibility index (Phi) is 3.81. The summed E-state index contributed by atoms with van der Waals surface area (Å²) in [6.45, 7) is 1.95. The van der Waals surface area contributed by atoms with Gasteiger partial charge in [-0.3, -0.25) is 0 Å². The Morgan fingerprint density at radius 1 is 1.24 bits per heavy atom. The van der Waals surface area contributed by atoms with Gasteiger partial charge in [-0.1, -0.05) is 43.2 Å². The van der Waals surface area contributed by atoms with Gasteiger partial charge in [-0.2, -0.15) is 0 Å². The van der Waals surface area contributed by atoms with Crippen molar-refractivity contribution in [2.45, 2.75) is 38.0 Å². The highest BCUT2D eigenvalue weighted by Gasteiger charge is 2.40. The molecule has 110 valence electrons. The summed E-state index contributed by atoms with van der Waals surface area (Å²) >= 11 is 1.64. The molecule has 0 bridgehead atoms. The minimum absolute atomic E-state index is 0.0248. The largest absolute Gasteiger partial charge is 0.464 e. The van der Waals surface area contributed by atoms with Gasteiger partial charge in [0.15, 0.2) is 5.69 Å². The number of carbonyl (C=O) groups excluding carboxylic acids is 1. The molecule has 0 N–H and O–H groups in total. The number of hydrogen-bond donors (Lipinski definition) is 0. The molecule has 3 nitrogen and oxygen atoms in total. The van der Waals surface area contributed by atoms with E-state index in [0.717, 1.165) is 22.7 Å². The zero-order valence-electron chi connectivity index (χ0n) is 12.4. The van der Waals surface area contributed by atoms with Crippen LogP contribution in [0.25, 0.3) is 0 Å². The normalized spacial score (nSPS) is 16.9. The minimum atomic E-state index is -0.337. The highest BCUT2D eigenvalue weighted by atomic mass is 32.1. The predicted molar refractivity (Wildman–Crippen MR) is 83.9 cm³/mol. The Labute approximate surface area is 129 Å². The lowest BCUT2D eigenvalue weighted by Crippen LogP contribution is -2.23. The summed E-state index contributed by atoms with van der Waals surface area (Å²) in [7, 11) is 1.41. The van der Waals surface area contributed by atoms with Crippen LogP contribution in [-0.4, -0.2) is 18.1 Å². The van der Waals surface area contributed by atoms with Crippen molar-refractivity contribution in [3.63, 3.8) is 0 Å². The SMILES string of the molecule is COC(=O)c1nc(C2(c3ccccc3)CCCC2)sc1C. The predicted octanol–water partition coefficient (Wildman–Crippen LogP) is 4.10. The van der Waals surface area contributed by atoms with Crippen molar-refractivity contribution >= 4 is 17.3 Å². The first kappa shape index (κ1) is 14.3. The summed E-state index contributed by atoms with van der Waals surface area (Å²) in [5.74, 6) is -0.337. The van der Waals surface area contributed by atoms with Crippen molar-refractivity contribution in [2.24, 2.45) is 0 Å². The van der Waals surface area contributed by atoms with E-state index in [2.05, 4.69) is 29.2 Å². The molecule has 0 atom stereocenters. The van der Waals surface area contributed by atoms with Gasteiger partial charge in [-0.15, -0.1) is 11.3 Å². The van der Waals surface area contributed by atoms with Crippen LogP contribution in [0.4, 0.5) is 0 Å². The third-order valence-electron chi connectivity index (χ3n) is 4.37. The standard InChI is InChI=1S/C17H19NO2S/c1-12-14(15(19)20-2)18-16(21-12)17(10-6-7-11-17)13-8-4-3-5-9-13/h3-5,8-9H,6-7,10-11H2,1-2H3. The average molecular weight is 301 g/mol. The first-order valence-electron chi connectivity index (χ1n) is 7.29. The molecule has 1 fully saturated rings. The van der Waals surface area contributed by atoms with Crippen LogP contribution in [0.5, 0.6) is 0 Å². The molecule has 1 aliphatic carbocycles. The van der Waals surface area contributed by atoms with E-state index in [1.807, 2.05) is 13.0 Å². The van der Waals surface area contributed by atoms with Gasteiger partial charge >= 0.3 is 5.97 Å². The fourth-order valence-electron chi connectivity index (χ4n) is 3.25. The Balaban J connectivity index is 2.09. The number of methoxy groups -OCH3 is 1. The topological polar surface area (TPSA) is 39.2 Å². The number of rotatable bonds is 3. The molecule has 3 rings (SSSR count). The molecule has 21 heavy (non-hydrogen) atoms. The second-order valence-corrected chi connectivity index (χ2v) is 6.77. The van der Waals surface area contributed by atoms with Gasteiger partial charge in [0.25, 0.3) is 0 Å². The molecule has 0 spiro atoms. The molecule has 0 saturated heterocycles. The zero-order chi connectivity index (χ0) is 14.9. The molecular weight excluding hydrogens is 282 g/mol. The first-order valence-corrected chi connectivity index (χ1v) is 8.11. The number of esters is 1. The van der Waals surface area contributed by atoms with Crippen molar-refractivity contribution in [3.8, 4) is 0 Å². The second kappa shape index (κ2) is 5.60. The quantitative estimate of drug-likeness (QED) is 0.801. The highest BCUT2D eigenvalue weighted by molar-refractivity contribution is 7.12. The van der Waals surface area contributed by atoms with E-state index in [9.17, 15) is 4.79 Å². The summed E-state index contributed by atoms with van der Waals surface area (Å²) in [5, 5.41) is 1.06. The van der Waals surface area contributed by atoms with E-state index in [1.54, 1.807) is 11.3 Å². The average Bonchev–Trinajstić information content (AvgIpc) is 3.15. The van der Waals surface area contributed by atoms with Gasteiger partial charge in [-0.05, 0) is 25.3 Å². The summed E-state index contributed by atoms with van der Waals surface area (Å²) in [6, 6.07) is 10.6. The number of nitrogens with zero attached hydrogens (tertiary/aromatic N) is 1. The monoisotopic (exact) mass is 301 g/mol. The smallest absolute Gasteiger partial charge is 0.357 e. The number of ether oxygens (including phenoxy) is 1. The third-order valence-corrected chi connectivity index (χ3v) is 5.54. The lowest BCUT2D eigenvalue weighted by molar-refractivity contribution is 0.0594. The van der Waals surface area contributed by atoms with Gasteiger partial charge in [0.05, 0.1) is 7.11 Å². The van der Waals surface area contributed by atoms with Crippen molar-refractivity contribution < 1.29 is 9.53 Å². The second-order valence-electron chi connectivity index (χ2n) is 5.57. The minimum Gasteiger partial charge on any atom is -0.464 e. The van der Waals surface area contributed by atoms with E-state index in [4.69, 9.17) is 4.74 Å². The van der Waals surface area contributed by atoms with Gasteiger partial charge in [-0.25, -0.2) is 9.78 Å². The maximum Gasteiger partial charge on any atom is 0.357 e. The maximum atomic E-state index is 11.8. The van der Waals surface area contributed by atoms with Crippen molar-refractivity contribution in [2.75, 3.05) is 7.11 Å². The van der Waals surface area contributed by atoms with Crippen LogP contribution < -0.4 is 0 Å². The van der Waals surface area contributed by atoms with Crippen LogP contribution in [-0.2, 0) is 10.2 Å². The molecule has 2 aromatic rings. The molecule has 1 heterocycles. The first-order chi connectivity index (χ1) is 10.2. The zero-order valence-corrected chi connectivity index (χ0v) is 13.2. The number of hydrogen-bond acceptors (Lipinski definition) is 4. The number of aromatic nitrogens is 1. The van der Waals surface area contributed by atoms with Crippen molar-refractivity contribution in [3.05, 3.63) is 51.5 Å². The molecule has 4 heteroatoms. The van der Waals surface area contributed by atoms with Crippen LogP contribution >= 0.6 is 11.3 Å². The molecule has 0 radical (unpaired) electrons. The Morgan fingerprint density at radius 2 is 1.90 bits per heavy atom. The Bertz CT molecular complexity index is 642. The lowest BCUT2D eigenvalue weighted by Gasteiger charge is -2.27. The van der Waals surface area contributed by atoms with Gasteiger partial charge in [0, 0.05) is 10.3 Å². The fraction of sp³-hybridized carbons (Fsp3) is 0.412. The molecule has 1 aromatic heterocycles. The fourth-order valence-corrected chi connectivity index (χ4v) is 4.42. The van der Waals surface area contributed by atoms with Crippen molar-refractivity contribution in [1.82, 2.24) is 4.98 Å². The molecular formula is C17H19NO2S. The van der Waals surface area contributed by atoms with Crippen LogP contribution in [0, 0.1) is 6.92 Å². The number of benzene rings is 1. The summed E-state index contributed by atoms with van der Waals surface area (Å²) in [6.07, 6.45) is 4.62. The van der Waals surface area contributed by atoms with E-state index < -0.39 is 0 Å². The highest BCUT2D eigenvalue weighted by Crippen LogP contribution is 2.48. The van der Waals surface area contributed by atoms with E-state index in [0.29, 0.717) is 5.69 Å². The molecule has 0 aliphatic heterocycles. The summed E-state index contributed by atoms with van der Waals surface area (Å²) in [4.78, 5) is 17.4. The Hall–Kier alpha value is -1.68. The van der Waals surface area contributed by atoms with Gasteiger partial charge < -0.3 is 4.74 Å². The number of carbonyl (C=O) groups is 1. The Morgan fingerprint density at radius 3 is 2.52 bits per heavy atom. The summed E-state index contributed by atoms with van der Waals surface area (Å²) in [5.41, 5.74) is 1.76. The molecule has 1 aromatic carbocycles. The molecule has 1 aliphatic rings. The lowest BCUT2D eigenvalue weighted by atomic mass is 9.79. The van der Waals surface area contributed by atoms with Crippen LogP contribution in [0.15, 0.2) is 30.3 Å².